The highest BCUT2D eigenvalue weighted by atomic mass is 19.1. The van der Waals surface area contributed by atoms with E-state index in [0.29, 0.717) is 17.6 Å². The largest absolute Gasteiger partial charge is 0.497 e. The third-order valence-corrected chi connectivity index (χ3v) is 4.09. The summed E-state index contributed by atoms with van der Waals surface area (Å²) in [7, 11) is 3.06. The van der Waals surface area contributed by atoms with E-state index in [-0.39, 0.29) is 30.4 Å². The van der Waals surface area contributed by atoms with Gasteiger partial charge in [0.15, 0.2) is 5.78 Å². The van der Waals surface area contributed by atoms with Gasteiger partial charge >= 0.3 is 0 Å². The number of nitrogens with one attached hydrogen (secondary N) is 1. The van der Waals surface area contributed by atoms with Gasteiger partial charge in [0.25, 0.3) is 0 Å². The summed E-state index contributed by atoms with van der Waals surface area (Å²) in [5.41, 5.74) is 0.493. The van der Waals surface area contributed by atoms with E-state index in [1.54, 1.807) is 25.1 Å². The van der Waals surface area contributed by atoms with Gasteiger partial charge < -0.3 is 14.8 Å². The van der Waals surface area contributed by atoms with Crippen LogP contribution in [0.3, 0.4) is 0 Å². The Morgan fingerprint density at radius 3 is 2.41 bits per heavy atom. The molecule has 2 rings (SSSR count). The van der Waals surface area contributed by atoms with Crippen molar-refractivity contribution in [2.75, 3.05) is 14.2 Å². The Labute approximate surface area is 156 Å². The number of benzene rings is 2. The fourth-order valence-corrected chi connectivity index (χ4v) is 2.65. The number of ketones is 1. The van der Waals surface area contributed by atoms with Crippen LogP contribution in [0.2, 0.25) is 0 Å². The maximum Gasteiger partial charge on any atom is 0.220 e. The number of hydrogen-bond acceptors (Lipinski definition) is 4. The smallest absolute Gasteiger partial charge is 0.220 e. The molecular formula is C20H21F2NO4. The van der Waals surface area contributed by atoms with Crippen LogP contribution in [0.25, 0.3) is 0 Å². The predicted molar refractivity (Wildman–Crippen MR) is 96.0 cm³/mol. The van der Waals surface area contributed by atoms with Gasteiger partial charge in [-0.15, -0.1) is 0 Å². The zero-order chi connectivity index (χ0) is 20.0. The van der Waals surface area contributed by atoms with Gasteiger partial charge in [-0.2, -0.15) is 0 Å². The lowest BCUT2D eigenvalue weighted by Crippen LogP contribution is -2.27. The molecule has 0 aromatic heterocycles. The van der Waals surface area contributed by atoms with Crippen LogP contribution in [0.5, 0.6) is 11.5 Å². The third-order valence-electron chi connectivity index (χ3n) is 4.09. The molecule has 1 N–H and O–H groups in total. The van der Waals surface area contributed by atoms with E-state index in [2.05, 4.69) is 5.32 Å². The number of rotatable bonds is 8. The standard InChI is InChI=1S/C20H21F2NO4/c1-12(16-11-14(26-2)5-8-19(16)27-3)23-20(25)9-7-18(24)15-6-4-13(21)10-17(15)22/h4-6,8,10-12H,7,9H2,1-3H3,(H,23,25). The van der Waals surface area contributed by atoms with E-state index >= 15 is 0 Å². The van der Waals surface area contributed by atoms with Crippen LogP contribution in [-0.2, 0) is 4.79 Å². The number of halogens is 2. The Morgan fingerprint density at radius 2 is 1.78 bits per heavy atom. The number of methoxy groups -OCH3 is 2. The first kappa shape index (κ1) is 20.4. The lowest BCUT2D eigenvalue weighted by molar-refractivity contribution is -0.121. The first-order valence-corrected chi connectivity index (χ1v) is 8.35. The molecule has 5 nitrogen and oxygen atoms in total. The van der Waals surface area contributed by atoms with Crippen LogP contribution in [0.4, 0.5) is 8.78 Å². The summed E-state index contributed by atoms with van der Waals surface area (Å²) in [6.45, 7) is 1.77. The third kappa shape index (κ3) is 5.26. The van der Waals surface area contributed by atoms with E-state index in [4.69, 9.17) is 9.47 Å². The van der Waals surface area contributed by atoms with Gasteiger partial charge in [0.2, 0.25) is 5.91 Å². The molecule has 0 radical (unpaired) electrons. The second kappa shape index (κ2) is 9.12. The SMILES string of the molecule is COc1ccc(OC)c(C(C)NC(=O)CCC(=O)c2ccc(F)cc2F)c1. The number of carbonyl (C=O) groups excluding carboxylic acids is 2. The highest BCUT2D eigenvalue weighted by Crippen LogP contribution is 2.29. The molecule has 0 spiro atoms. The van der Waals surface area contributed by atoms with Crippen LogP contribution in [0.15, 0.2) is 36.4 Å². The molecule has 144 valence electrons. The zero-order valence-corrected chi connectivity index (χ0v) is 15.3. The second-order valence-electron chi connectivity index (χ2n) is 5.94. The summed E-state index contributed by atoms with van der Waals surface area (Å²) in [4.78, 5) is 24.2. The molecule has 0 heterocycles. The summed E-state index contributed by atoms with van der Waals surface area (Å²) in [6.07, 6.45) is -0.303. The van der Waals surface area contributed by atoms with Crippen LogP contribution in [0, 0.1) is 11.6 Å². The molecule has 0 saturated heterocycles. The van der Waals surface area contributed by atoms with Gasteiger partial charge in [-0.3, -0.25) is 9.59 Å². The average Bonchev–Trinajstić information content (AvgIpc) is 2.65. The summed E-state index contributed by atoms with van der Waals surface area (Å²) >= 11 is 0. The van der Waals surface area contributed by atoms with E-state index in [9.17, 15) is 18.4 Å². The predicted octanol–water partition coefficient (Wildman–Crippen LogP) is 3.82. The van der Waals surface area contributed by atoms with E-state index in [0.717, 1.165) is 17.7 Å². The minimum Gasteiger partial charge on any atom is -0.497 e. The molecule has 1 amide bonds. The fraction of sp³-hybridized carbons (Fsp3) is 0.300. The van der Waals surface area contributed by atoms with Crippen LogP contribution in [-0.4, -0.2) is 25.9 Å². The van der Waals surface area contributed by atoms with Crippen molar-refractivity contribution >= 4 is 11.7 Å². The number of Topliss-reactive ketones (excluding diaryl/α,β-unsaturated/α-hetero) is 1. The minimum atomic E-state index is -0.935. The zero-order valence-electron chi connectivity index (χ0n) is 15.3. The highest BCUT2D eigenvalue weighted by molar-refractivity contribution is 5.98. The van der Waals surface area contributed by atoms with Crippen molar-refractivity contribution in [3.05, 3.63) is 59.2 Å². The van der Waals surface area contributed by atoms with Crippen molar-refractivity contribution in [2.45, 2.75) is 25.8 Å². The first-order valence-electron chi connectivity index (χ1n) is 8.35. The molecule has 2 aromatic carbocycles. The highest BCUT2D eigenvalue weighted by Gasteiger charge is 2.18. The summed E-state index contributed by atoms with van der Waals surface area (Å²) in [6, 6.07) is 7.57. The average molecular weight is 377 g/mol. The van der Waals surface area contributed by atoms with Crippen molar-refractivity contribution in [3.63, 3.8) is 0 Å². The lowest BCUT2D eigenvalue weighted by atomic mass is 10.0. The van der Waals surface area contributed by atoms with E-state index in [1.165, 1.54) is 14.2 Å². The minimum absolute atomic E-state index is 0.119. The molecule has 0 aliphatic heterocycles. The van der Waals surface area contributed by atoms with Gasteiger partial charge in [-0.05, 0) is 37.3 Å². The fourth-order valence-electron chi connectivity index (χ4n) is 2.65. The maximum atomic E-state index is 13.6. The van der Waals surface area contributed by atoms with Crippen molar-refractivity contribution in [3.8, 4) is 11.5 Å². The molecule has 0 saturated carbocycles. The maximum absolute atomic E-state index is 13.6. The second-order valence-corrected chi connectivity index (χ2v) is 5.94. The molecule has 0 aliphatic carbocycles. The summed E-state index contributed by atoms with van der Waals surface area (Å²) in [5.74, 6) is -1.42. The summed E-state index contributed by atoms with van der Waals surface area (Å²) in [5, 5.41) is 2.77. The van der Waals surface area contributed by atoms with Crippen molar-refractivity contribution in [1.82, 2.24) is 5.32 Å². The molecule has 27 heavy (non-hydrogen) atoms. The van der Waals surface area contributed by atoms with Crippen LogP contribution >= 0.6 is 0 Å². The number of carbonyl (C=O) groups is 2. The summed E-state index contributed by atoms with van der Waals surface area (Å²) < 4.78 is 37.0. The Balaban J connectivity index is 1.98. The molecule has 2 aromatic rings. The Hall–Kier alpha value is -2.96. The van der Waals surface area contributed by atoms with Crippen molar-refractivity contribution in [2.24, 2.45) is 0 Å². The molecule has 0 fully saturated rings. The number of amides is 1. The normalized spacial score (nSPS) is 11.6. The first-order chi connectivity index (χ1) is 12.8. The number of ether oxygens (including phenoxy) is 2. The molecule has 1 atom stereocenters. The van der Waals surface area contributed by atoms with Gasteiger partial charge in [-0.1, -0.05) is 0 Å². The molecule has 7 heteroatoms. The van der Waals surface area contributed by atoms with E-state index in [1.807, 2.05) is 0 Å². The van der Waals surface area contributed by atoms with Gasteiger partial charge in [0.1, 0.15) is 23.1 Å². The Morgan fingerprint density at radius 1 is 1.04 bits per heavy atom. The lowest BCUT2D eigenvalue weighted by Gasteiger charge is -2.18. The van der Waals surface area contributed by atoms with Crippen LogP contribution in [0.1, 0.15) is 41.7 Å². The van der Waals surface area contributed by atoms with Crippen molar-refractivity contribution < 1.29 is 27.8 Å². The van der Waals surface area contributed by atoms with Crippen molar-refractivity contribution in [1.29, 1.82) is 0 Å². The van der Waals surface area contributed by atoms with Gasteiger partial charge in [0.05, 0.1) is 25.8 Å². The monoisotopic (exact) mass is 377 g/mol. The van der Waals surface area contributed by atoms with Gasteiger partial charge in [0, 0.05) is 24.5 Å². The molecule has 1 unspecified atom stereocenters. The molecule has 0 bridgehead atoms. The number of hydrogen-bond donors (Lipinski definition) is 1. The Kier molecular flexibility index (Phi) is 6.87. The Bertz CT molecular complexity index is 839. The molecule has 0 aliphatic rings. The van der Waals surface area contributed by atoms with E-state index < -0.39 is 17.4 Å². The van der Waals surface area contributed by atoms with Crippen LogP contribution < -0.4 is 14.8 Å². The molecular weight excluding hydrogens is 356 g/mol. The topological polar surface area (TPSA) is 64.6 Å². The quantitative estimate of drug-likeness (QED) is 0.711. The van der Waals surface area contributed by atoms with Gasteiger partial charge in [-0.25, -0.2) is 8.78 Å².